The molecule has 0 atom stereocenters. The van der Waals surface area contributed by atoms with Crippen molar-refractivity contribution in [3.05, 3.63) is 77.9 Å². The van der Waals surface area contributed by atoms with E-state index in [4.69, 9.17) is 11.6 Å². The summed E-state index contributed by atoms with van der Waals surface area (Å²) in [5, 5.41) is 11.2. The van der Waals surface area contributed by atoms with Gasteiger partial charge in [0.2, 0.25) is 0 Å². The van der Waals surface area contributed by atoms with Crippen molar-refractivity contribution in [2.45, 2.75) is 34.2 Å². The fraction of sp³-hybridized carbons (Fsp3) is 0.238. The van der Waals surface area contributed by atoms with E-state index < -0.39 is 10.8 Å². The lowest BCUT2D eigenvalue weighted by Gasteiger charge is -2.10. The maximum Gasteiger partial charge on any atom is 0.281 e. The molecule has 1 amide bonds. The molecular weight excluding hydrogens is 410 g/mol. The van der Waals surface area contributed by atoms with E-state index >= 15 is 0 Å². The highest BCUT2D eigenvalue weighted by atomic mass is 35.5. The van der Waals surface area contributed by atoms with Crippen LogP contribution in [0.3, 0.4) is 0 Å². The average molecular weight is 430 g/mol. The van der Waals surface area contributed by atoms with Gasteiger partial charge in [0.25, 0.3) is 11.6 Å². The highest BCUT2D eigenvalue weighted by Crippen LogP contribution is 2.27. The zero-order chi connectivity index (χ0) is 21.3. The first-order chi connectivity index (χ1) is 13.7. The maximum atomic E-state index is 12.8. The molecule has 0 saturated heterocycles. The molecule has 0 radical (unpaired) electrons. The summed E-state index contributed by atoms with van der Waals surface area (Å²) in [6.07, 6.45) is 0. The smallest absolute Gasteiger partial charge is 0.281 e. The molecule has 3 rings (SSSR count). The van der Waals surface area contributed by atoms with Crippen LogP contribution in [-0.4, -0.2) is 15.4 Å². The number of amides is 1. The minimum Gasteiger partial charge on any atom is -0.316 e. The normalized spacial score (nSPS) is 11.7. The highest BCUT2D eigenvalue weighted by Gasteiger charge is 2.17. The van der Waals surface area contributed by atoms with Gasteiger partial charge in [0.05, 0.1) is 21.2 Å². The van der Waals surface area contributed by atoms with E-state index in [9.17, 15) is 14.9 Å². The summed E-state index contributed by atoms with van der Waals surface area (Å²) >= 11 is 7.50. The molecule has 0 aliphatic heterocycles. The quantitative estimate of drug-likeness (QED) is 0.407. The number of non-ortho nitro benzene ring substituents is 1. The van der Waals surface area contributed by atoms with Crippen LogP contribution < -0.4 is 4.80 Å². The summed E-state index contributed by atoms with van der Waals surface area (Å²) in [6.45, 7) is 8.73. The number of nitro groups is 1. The molecule has 1 heterocycles. The van der Waals surface area contributed by atoms with Gasteiger partial charge in [-0.1, -0.05) is 23.7 Å². The Morgan fingerprint density at radius 1 is 1.17 bits per heavy atom. The van der Waals surface area contributed by atoms with Crippen LogP contribution in [0.5, 0.6) is 0 Å². The topological polar surface area (TPSA) is 77.5 Å². The SMILES string of the molecule is CCn1c(-c2ccc(C)c(C)c2)c(C)sc1=NC(=O)c1cc([N+](=O)[O-])ccc1Cl. The number of carbonyl (C=O) groups is 1. The number of halogens is 1. The molecule has 0 saturated carbocycles. The molecule has 1 aromatic heterocycles. The number of rotatable bonds is 4. The van der Waals surface area contributed by atoms with Gasteiger partial charge in [-0.25, -0.2) is 0 Å². The molecule has 0 N–H and O–H groups in total. The Labute approximate surface area is 177 Å². The van der Waals surface area contributed by atoms with E-state index in [0.717, 1.165) is 22.2 Å². The summed E-state index contributed by atoms with van der Waals surface area (Å²) in [7, 11) is 0. The monoisotopic (exact) mass is 429 g/mol. The van der Waals surface area contributed by atoms with Crippen LogP contribution in [0.2, 0.25) is 5.02 Å². The van der Waals surface area contributed by atoms with E-state index in [2.05, 4.69) is 37.0 Å². The van der Waals surface area contributed by atoms with Gasteiger partial charge in [-0.15, -0.1) is 11.3 Å². The van der Waals surface area contributed by atoms with Crippen LogP contribution in [0.4, 0.5) is 5.69 Å². The molecule has 0 fully saturated rings. The third-order valence-corrected chi connectivity index (χ3v) is 6.09. The average Bonchev–Trinajstić information content (AvgIpc) is 2.98. The number of aryl methyl sites for hydroxylation is 3. The molecular formula is C21H20ClN3O3S. The van der Waals surface area contributed by atoms with Crippen molar-refractivity contribution in [1.29, 1.82) is 0 Å². The standard InChI is InChI=1S/C21H20ClN3O3S/c1-5-24-19(15-7-6-12(2)13(3)10-15)14(4)29-21(24)23-20(26)17-11-16(25(27)28)8-9-18(17)22/h6-11H,5H2,1-4H3. The van der Waals surface area contributed by atoms with Crippen LogP contribution >= 0.6 is 22.9 Å². The van der Waals surface area contributed by atoms with Gasteiger partial charge in [0.15, 0.2) is 4.80 Å². The first-order valence-electron chi connectivity index (χ1n) is 9.03. The van der Waals surface area contributed by atoms with E-state index in [0.29, 0.717) is 11.3 Å². The Morgan fingerprint density at radius 3 is 2.52 bits per heavy atom. The van der Waals surface area contributed by atoms with Gasteiger partial charge < -0.3 is 4.57 Å². The fourth-order valence-corrected chi connectivity index (χ4v) is 4.34. The number of hydrogen-bond acceptors (Lipinski definition) is 4. The molecule has 0 aliphatic carbocycles. The second-order valence-electron chi connectivity index (χ2n) is 6.67. The summed E-state index contributed by atoms with van der Waals surface area (Å²) < 4.78 is 1.98. The Morgan fingerprint density at radius 2 is 1.90 bits per heavy atom. The zero-order valence-electron chi connectivity index (χ0n) is 16.5. The van der Waals surface area contributed by atoms with Gasteiger partial charge in [0, 0.05) is 23.6 Å². The Balaban J connectivity index is 2.14. The number of thiazole rings is 1. The number of benzene rings is 2. The number of hydrogen-bond donors (Lipinski definition) is 0. The van der Waals surface area contributed by atoms with Gasteiger partial charge in [-0.05, 0) is 56.5 Å². The van der Waals surface area contributed by atoms with Crippen molar-refractivity contribution >= 4 is 34.5 Å². The van der Waals surface area contributed by atoms with E-state index in [1.807, 2.05) is 18.4 Å². The van der Waals surface area contributed by atoms with E-state index in [1.165, 1.54) is 34.6 Å². The summed E-state index contributed by atoms with van der Waals surface area (Å²) in [4.78, 5) is 29.0. The molecule has 6 nitrogen and oxygen atoms in total. The molecule has 29 heavy (non-hydrogen) atoms. The Hall–Kier alpha value is -2.77. The number of aromatic nitrogens is 1. The molecule has 2 aromatic carbocycles. The largest absolute Gasteiger partial charge is 0.316 e. The zero-order valence-corrected chi connectivity index (χ0v) is 18.1. The molecule has 150 valence electrons. The van der Waals surface area contributed by atoms with Crippen molar-refractivity contribution in [3.8, 4) is 11.3 Å². The summed E-state index contributed by atoms with van der Waals surface area (Å²) in [5.74, 6) is -0.603. The second kappa shape index (κ2) is 8.31. The van der Waals surface area contributed by atoms with E-state index in [-0.39, 0.29) is 16.3 Å². The summed E-state index contributed by atoms with van der Waals surface area (Å²) in [6, 6.07) is 10.0. The Kier molecular flexibility index (Phi) is 6.00. The van der Waals surface area contributed by atoms with Crippen molar-refractivity contribution in [1.82, 2.24) is 4.57 Å². The fourth-order valence-electron chi connectivity index (χ4n) is 3.09. The van der Waals surface area contributed by atoms with Crippen LogP contribution in [0.1, 0.15) is 33.3 Å². The van der Waals surface area contributed by atoms with Gasteiger partial charge in [0.1, 0.15) is 0 Å². The minimum atomic E-state index is -0.603. The van der Waals surface area contributed by atoms with Gasteiger partial charge in [-0.3, -0.25) is 14.9 Å². The molecule has 0 bridgehead atoms. The van der Waals surface area contributed by atoms with Crippen molar-refractivity contribution in [3.63, 3.8) is 0 Å². The predicted octanol–water partition coefficient (Wildman–Crippen LogP) is 5.46. The number of nitrogens with zero attached hydrogens (tertiary/aromatic N) is 3. The maximum absolute atomic E-state index is 12.8. The third-order valence-electron chi connectivity index (χ3n) is 4.76. The molecule has 0 unspecified atom stereocenters. The first-order valence-corrected chi connectivity index (χ1v) is 10.2. The summed E-state index contributed by atoms with van der Waals surface area (Å²) in [5.41, 5.74) is 4.29. The van der Waals surface area contributed by atoms with Gasteiger partial charge >= 0.3 is 0 Å². The van der Waals surface area contributed by atoms with Crippen molar-refractivity contribution < 1.29 is 9.72 Å². The molecule has 0 aliphatic rings. The lowest BCUT2D eigenvalue weighted by atomic mass is 10.0. The lowest BCUT2D eigenvalue weighted by Crippen LogP contribution is -2.17. The highest BCUT2D eigenvalue weighted by molar-refractivity contribution is 7.09. The van der Waals surface area contributed by atoms with Crippen LogP contribution in [0, 0.1) is 30.9 Å². The van der Waals surface area contributed by atoms with Crippen LogP contribution in [-0.2, 0) is 6.54 Å². The molecule has 3 aromatic rings. The van der Waals surface area contributed by atoms with Gasteiger partial charge in [-0.2, -0.15) is 4.99 Å². The van der Waals surface area contributed by atoms with Crippen molar-refractivity contribution in [2.75, 3.05) is 0 Å². The van der Waals surface area contributed by atoms with Crippen LogP contribution in [0.15, 0.2) is 41.4 Å². The second-order valence-corrected chi connectivity index (χ2v) is 8.26. The minimum absolute atomic E-state index is 0.0160. The van der Waals surface area contributed by atoms with Crippen molar-refractivity contribution in [2.24, 2.45) is 4.99 Å². The Bertz CT molecular complexity index is 1190. The van der Waals surface area contributed by atoms with Crippen LogP contribution in [0.25, 0.3) is 11.3 Å². The van der Waals surface area contributed by atoms with E-state index in [1.54, 1.807) is 0 Å². The number of carbonyl (C=O) groups excluding carboxylic acids is 1. The first kappa shape index (κ1) is 21.0. The molecule has 8 heteroatoms. The third kappa shape index (κ3) is 4.16. The number of nitro benzene ring substituents is 1. The lowest BCUT2D eigenvalue weighted by molar-refractivity contribution is -0.384. The molecule has 0 spiro atoms. The predicted molar refractivity (Wildman–Crippen MR) is 116 cm³/mol.